The van der Waals surface area contributed by atoms with Crippen molar-refractivity contribution in [2.45, 2.75) is 0 Å². The number of hydrogen-bond donors (Lipinski definition) is 0. The molecule has 2 heterocycles. The molecule has 0 bridgehead atoms. The fraction of sp³-hybridized carbons (Fsp3) is 0.0588. The fourth-order valence-corrected chi connectivity index (χ4v) is 2.98. The van der Waals surface area contributed by atoms with Crippen LogP contribution in [0.5, 0.6) is 0 Å². The van der Waals surface area contributed by atoms with Crippen LogP contribution in [0.3, 0.4) is 0 Å². The fourth-order valence-electron chi connectivity index (χ4n) is 2.81. The summed E-state index contributed by atoms with van der Waals surface area (Å²) in [6, 6.07) is 12.3. The molecule has 0 fully saturated rings. The van der Waals surface area contributed by atoms with Gasteiger partial charge in [0.05, 0.1) is 10.4 Å². The average molecular weight is 312 g/mol. The van der Waals surface area contributed by atoms with Crippen molar-refractivity contribution in [1.82, 2.24) is 4.57 Å². The van der Waals surface area contributed by atoms with Gasteiger partial charge in [0.1, 0.15) is 11.2 Å². The van der Waals surface area contributed by atoms with Crippen molar-refractivity contribution in [3.63, 3.8) is 0 Å². The van der Waals surface area contributed by atoms with Crippen LogP contribution < -0.4 is 11.1 Å². The van der Waals surface area contributed by atoms with Crippen LogP contribution in [0.4, 0.5) is 0 Å². The standard InChI is InChI=1S/C17H10ClNO3/c1-19-16(20)14-10-4-2-3-5-12(10)22-13-7-6-9(18)8-11(13)15(14)17(19)21/h2-8H,1H3. The summed E-state index contributed by atoms with van der Waals surface area (Å²) >= 11 is 6.06. The molecule has 4 rings (SSSR count). The molecule has 2 aliphatic rings. The van der Waals surface area contributed by atoms with Gasteiger partial charge in [-0.1, -0.05) is 29.8 Å². The van der Waals surface area contributed by atoms with Gasteiger partial charge >= 0.3 is 0 Å². The molecule has 0 aromatic heterocycles. The Labute approximate surface area is 128 Å². The minimum atomic E-state index is -0.344. The Hall–Kier alpha value is -2.59. The molecule has 2 aliphatic heterocycles. The molecule has 0 radical (unpaired) electrons. The zero-order valence-electron chi connectivity index (χ0n) is 11.6. The number of benzene rings is 2. The molecule has 0 N–H and O–H groups in total. The molecule has 0 atom stereocenters. The molecule has 0 spiro atoms. The first-order chi connectivity index (χ1) is 10.6. The minimum absolute atomic E-state index is 0.330. The maximum atomic E-state index is 12.5. The van der Waals surface area contributed by atoms with Crippen LogP contribution in [-0.4, -0.2) is 4.57 Å². The zero-order chi connectivity index (χ0) is 15.4. The van der Waals surface area contributed by atoms with Gasteiger partial charge in [-0.3, -0.25) is 14.2 Å². The van der Waals surface area contributed by atoms with Gasteiger partial charge < -0.3 is 4.42 Å². The van der Waals surface area contributed by atoms with Crippen molar-refractivity contribution in [1.29, 1.82) is 0 Å². The van der Waals surface area contributed by atoms with Crippen LogP contribution in [0.25, 0.3) is 21.9 Å². The first-order valence-corrected chi connectivity index (χ1v) is 7.09. The Morgan fingerprint density at radius 1 is 0.909 bits per heavy atom. The molecule has 0 unspecified atom stereocenters. The molecule has 5 heteroatoms. The normalized spacial score (nSPS) is 11.5. The van der Waals surface area contributed by atoms with Crippen molar-refractivity contribution in [2.75, 3.05) is 0 Å². The number of rotatable bonds is 0. The number of nitrogens with zero attached hydrogens (tertiary/aromatic N) is 1. The quantitative estimate of drug-likeness (QED) is 0.501. The van der Waals surface area contributed by atoms with E-state index in [-0.39, 0.29) is 11.1 Å². The number of halogens is 1. The van der Waals surface area contributed by atoms with E-state index < -0.39 is 0 Å². The highest BCUT2D eigenvalue weighted by Gasteiger charge is 2.13. The average Bonchev–Trinajstić information content (AvgIpc) is 2.68. The lowest BCUT2D eigenvalue weighted by molar-refractivity contribution is 0.663. The highest BCUT2D eigenvalue weighted by Crippen LogP contribution is 2.24. The van der Waals surface area contributed by atoms with E-state index in [1.54, 1.807) is 30.3 Å². The molecule has 2 aromatic carbocycles. The third-order valence-electron chi connectivity index (χ3n) is 3.87. The Balaban J connectivity index is 2.60. The Kier molecular flexibility index (Phi) is 2.65. The van der Waals surface area contributed by atoms with Crippen LogP contribution in [0.1, 0.15) is 0 Å². The summed E-state index contributed by atoms with van der Waals surface area (Å²) in [6.07, 6.45) is 0. The highest BCUT2D eigenvalue weighted by atomic mass is 35.5. The molecule has 108 valence electrons. The summed E-state index contributed by atoms with van der Waals surface area (Å²) in [7, 11) is 1.48. The van der Waals surface area contributed by atoms with Crippen LogP contribution in [0.15, 0.2) is 56.5 Å². The summed E-state index contributed by atoms with van der Waals surface area (Å²) in [5.74, 6) is 0. The van der Waals surface area contributed by atoms with Gasteiger partial charge in [-0.25, -0.2) is 0 Å². The van der Waals surface area contributed by atoms with Crippen molar-refractivity contribution in [3.8, 4) is 0 Å². The molecule has 4 nitrogen and oxygen atoms in total. The Bertz CT molecular complexity index is 1240. The van der Waals surface area contributed by atoms with E-state index >= 15 is 0 Å². The summed E-state index contributed by atoms with van der Waals surface area (Å²) in [4.78, 5) is 25.1. The van der Waals surface area contributed by atoms with Gasteiger partial charge in [0.15, 0.2) is 0 Å². The summed E-state index contributed by atoms with van der Waals surface area (Å²) in [6.45, 7) is 0. The second-order valence-electron chi connectivity index (χ2n) is 5.16. The topological polar surface area (TPSA) is 52.2 Å². The summed E-state index contributed by atoms with van der Waals surface area (Å²) in [5, 5.41) is 2.35. The highest BCUT2D eigenvalue weighted by molar-refractivity contribution is 6.31. The molecule has 0 saturated heterocycles. The van der Waals surface area contributed by atoms with E-state index in [2.05, 4.69) is 0 Å². The van der Waals surface area contributed by atoms with Crippen LogP contribution >= 0.6 is 11.6 Å². The van der Waals surface area contributed by atoms with Gasteiger partial charge in [0, 0.05) is 22.8 Å². The van der Waals surface area contributed by atoms with Crippen molar-refractivity contribution in [2.24, 2.45) is 7.05 Å². The van der Waals surface area contributed by atoms with Gasteiger partial charge in [-0.05, 0) is 24.3 Å². The molecule has 0 aliphatic carbocycles. The molecular weight excluding hydrogens is 302 g/mol. The predicted octanol–water partition coefficient (Wildman–Crippen LogP) is 3.02. The largest absolute Gasteiger partial charge is 0.456 e. The van der Waals surface area contributed by atoms with E-state index in [1.807, 2.05) is 12.1 Å². The zero-order valence-corrected chi connectivity index (χ0v) is 12.3. The van der Waals surface area contributed by atoms with Gasteiger partial charge in [-0.2, -0.15) is 0 Å². The van der Waals surface area contributed by atoms with Gasteiger partial charge in [0.2, 0.25) is 0 Å². The Morgan fingerprint density at radius 3 is 2.32 bits per heavy atom. The summed E-state index contributed by atoms with van der Waals surface area (Å²) in [5.41, 5.74) is 0.388. The first kappa shape index (κ1) is 13.1. The van der Waals surface area contributed by atoms with Crippen LogP contribution in [0.2, 0.25) is 5.02 Å². The monoisotopic (exact) mass is 311 g/mol. The van der Waals surface area contributed by atoms with Crippen LogP contribution in [0, 0.1) is 10.4 Å². The smallest absolute Gasteiger partial charge is 0.262 e. The number of aromatic nitrogens is 1. The van der Waals surface area contributed by atoms with E-state index in [0.29, 0.717) is 37.4 Å². The van der Waals surface area contributed by atoms with Crippen LogP contribution in [-0.2, 0) is 7.05 Å². The third-order valence-corrected chi connectivity index (χ3v) is 4.11. The molecule has 2 aromatic rings. The number of para-hydroxylation sites is 1. The number of fused-ring (bicyclic) bond motifs is 4. The molecule has 0 amide bonds. The lowest BCUT2D eigenvalue weighted by Crippen LogP contribution is -2.22. The van der Waals surface area contributed by atoms with E-state index in [4.69, 9.17) is 16.0 Å². The second-order valence-corrected chi connectivity index (χ2v) is 5.59. The lowest BCUT2D eigenvalue weighted by Gasteiger charge is -1.94. The number of hydrogen-bond acceptors (Lipinski definition) is 3. The van der Waals surface area contributed by atoms with Crippen molar-refractivity contribution < 1.29 is 4.42 Å². The maximum absolute atomic E-state index is 12.5. The van der Waals surface area contributed by atoms with Gasteiger partial charge in [0.25, 0.3) is 11.1 Å². The molecule has 22 heavy (non-hydrogen) atoms. The van der Waals surface area contributed by atoms with Gasteiger partial charge in [-0.15, -0.1) is 0 Å². The summed E-state index contributed by atoms with van der Waals surface area (Å²) < 4.78 is 7.02. The van der Waals surface area contributed by atoms with E-state index in [9.17, 15) is 9.59 Å². The SMILES string of the molecule is Cn1c(=O)c2c3ccccc3oc3ccc(Cl)cc3c=2c1=O. The molecular formula is C17H10ClNO3. The Morgan fingerprint density at radius 2 is 1.55 bits per heavy atom. The van der Waals surface area contributed by atoms with Crippen molar-refractivity contribution >= 4 is 33.5 Å². The second kappa shape index (κ2) is 4.45. The van der Waals surface area contributed by atoms with E-state index in [1.165, 1.54) is 7.05 Å². The predicted molar refractivity (Wildman–Crippen MR) is 85.5 cm³/mol. The third kappa shape index (κ3) is 1.64. The maximum Gasteiger partial charge on any atom is 0.262 e. The first-order valence-electron chi connectivity index (χ1n) is 6.72. The van der Waals surface area contributed by atoms with E-state index in [0.717, 1.165) is 4.57 Å². The minimum Gasteiger partial charge on any atom is -0.456 e. The molecule has 0 saturated carbocycles. The van der Waals surface area contributed by atoms with Crippen molar-refractivity contribution in [3.05, 3.63) is 78.6 Å². The lowest BCUT2D eigenvalue weighted by atomic mass is 10.1.